The van der Waals surface area contributed by atoms with Crippen LogP contribution in [0.15, 0.2) is 35.1 Å². The van der Waals surface area contributed by atoms with Crippen LogP contribution in [0.1, 0.15) is 24.5 Å². The van der Waals surface area contributed by atoms with Crippen molar-refractivity contribution in [1.29, 1.82) is 0 Å². The molecular formula is C14H18BrN3. The fraction of sp³-hybridized carbons (Fsp3) is 0.357. The number of halogens is 1. The Hall–Kier alpha value is -1.13. The molecule has 3 nitrogen and oxygen atoms in total. The number of aryl methyl sites for hydroxylation is 1. The smallest absolute Gasteiger partial charge is 0.0657 e. The normalized spacial score (nSPS) is 12.7. The van der Waals surface area contributed by atoms with Crippen molar-refractivity contribution in [3.63, 3.8) is 0 Å². The number of hydrogen-bond donors (Lipinski definition) is 1. The maximum Gasteiger partial charge on any atom is 0.0657 e. The highest BCUT2D eigenvalue weighted by Gasteiger charge is 2.07. The molecule has 96 valence electrons. The van der Waals surface area contributed by atoms with E-state index in [1.807, 2.05) is 24.0 Å². The topological polar surface area (TPSA) is 43.8 Å². The maximum atomic E-state index is 5.99. The van der Waals surface area contributed by atoms with Crippen LogP contribution in [0, 0.1) is 6.92 Å². The molecule has 4 heteroatoms. The summed E-state index contributed by atoms with van der Waals surface area (Å²) >= 11 is 3.61. The lowest BCUT2D eigenvalue weighted by atomic mass is 10.0. The van der Waals surface area contributed by atoms with Gasteiger partial charge in [-0.05, 0) is 43.0 Å². The second kappa shape index (κ2) is 5.67. The van der Waals surface area contributed by atoms with Crippen LogP contribution < -0.4 is 5.73 Å². The average molecular weight is 308 g/mol. The molecule has 0 radical (unpaired) electrons. The monoisotopic (exact) mass is 307 g/mol. The lowest BCUT2D eigenvalue weighted by molar-refractivity contribution is 0.645. The Kier molecular flexibility index (Phi) is 4.19. The highest BCUT2D eigenvalue weighted by Crippen LogP contribution is 2.22. The van der Waals surface area contributed by atoms with Gasteiger partial charge in [0.15, 0.2) is 0 Å². The first-order valence-electron chi connectivity index (χ1n) is 6.15. The Morgan fingerprint density at radius 1 is 1.44 bits per heavy atom. The van der Waals surface area contributed by atoms with Gasteiger partial charge in [-0.25, -0.2) is 4.68 Å². The molecule has 0 saturated heterocycles. The Bertz CT molecular complexity index is 534. The molecule has 1 heterocycles. The van der Waals surface area contributed by atoms with Crippen molar-refractivity contribution in [2.75, 3.05) is 0 Å². The number of benzene rings is 1. The van der Waals surface area contributed by atoms with E-state index in [9.17, 15) is 0 Å². The molecule has 2 aromatic rings. The van der Waals surface area contributed by atoms with Gasteiger partial charge in [0, 0.05) is 16.7 Å². The van der Waals surface area contributed by atoms with E-state index in [1.165, 1.54) is 5.56 Å². The molecule has 1 aromatic heterocycles. The summed E-state index contributed by atoms with van der Waals surface area (Å²) in [5.41, 5.74) is 9.45. The van der Waals surface area contributed by atoms with Crippen LogP contribution in [0.5, 0.6) is 0 Å². The molecule has 1 aromatic carbocycles. The van der Waals surface area contributed by atoms with Gasteiger partial charge in [0.1, 0.15) is 0 Å². The zero-order valence-corrected chi connectivity index (χ0v) is 12.3. The predicted molar refractivity (Wildman–Crippen MR) is 78.0 cm³/mol. The Morgan fingerprint density at radius 3 is 2.78 bits per heavy atom. The van der Waals surface area contributed by atoms with Crippen LogP contribution in [0.2, 0.25) is 0 Å². The van der Waals surface area contributed by atoms with E-state index < -0.39 is 0 Å². The summed E-state index contributed by atoms with van der Waals surface area (Å²) in [6, 6.07) is 6.50. The molecule has 0 bridgehead atoms. The molecule has 0 aliphatic carbocycles. The van der Waals surface area contributed by atoms with Gasteiger partial charge in [-0.2, -0.15) is 5.10 Å². The van der Waals surface area contributed by atoms with Crippen molar-refractivity contribution in [3.05, 3.63) is 46.2 Å². The number of aromatic nitrogens is 2. The molecule has 0 aliphatic heterocycles. The second-order valence-electron chi connectivity index (χ2n) is 4.61. The fourth-order valence-corrected chi connectivity index (χ4v) is 2.35. The maximum absolute atomic E-state index is 5.99. The first-order valence-corrected chi connectivity index (χ1v) is 6.95. The van der Waals surface area contributed by atoms with E-state index in [-0.39, 0.29) is 6.04 Å². The lowest BCUT2D eigenvalue weighted by Gasteiger charge is -2.11. The standard InChI is InChI=1S/C14H18BrN3/c1-3-12(16)6-11-4-5-13(7-14(11)15)18-9-10(2)8-17-18/h4-5,7-9,12H,3,6,16H2,1-2H3. The molecule has 0 fully saturated rings. The molecule has 1 unspecified atom stereocenters. The first kappa shape index (κ1) is 13.3. The summed E-state index contributed by atoms with van der Waals surface area (Å²) in [7, 11) is 0. The van der Waals surface area contributed by atoms with Crippen LogP contribution in [0.4, 0.5) is 0 Å². The predicted octanol–water partition coefficient (Wildman–Crippen LogP) is 3.22. The Labute approximate surface area is 116 Å². The third kappa shape index (κ3) is 3.00. The second-order valence-corrected chi connectivity index (χ2v) is 5.46. The van der Waals surface area contributed by atoms with Crippen molar-refractivity contribution >= 4 is 15.9 Å². The van der Waals surface area contributed by atoms with Crippen LogP contribution in [-0.2, 0) is 6.42 Å². The Balaban J connectivity index is 2.24. The largest absolute Gasteiger partial charge is 0.327 e. The molecule has 2 N–H and O–H groups in total. The van der Waals surface area contributed by atoms with E-state index in [1.54, 1.807) is 0 Å². The minimum absolute atomic E-state index is 0.221. The van der Waals surface area contributed by atoms with Gasteiger partial charge in [-0.1, -0.05) is 28.9 Å². The molecule has 2 rings (SSSR count). The zero-order chi connectivity index (χ0) is 13.1. The molecule has 1 atom stereocenters. The highest BCUT2D eigenvalue weighted by molar-refractivity contribution is 9.10. The zero-order valence-electron chi connectivity index (χ0n) is 10.7. The summed E-state index contributed by atoms with van der Waals surface area (Å²) in [6.45, 7) is 4.15. The van der Waals surface area contributed by atoms with Gasteiger partial charge in [-0.3, -0.25) is 0 Å². The molecular weight excluding hydrogens is 290 g/mol. The minimum atomic E-state index is 0.221. The molecule has 0 aliphatic rings. The summed E-state index contributed by atoms with van der Waals surface area (Å²) in [5, 5.41) is 4.31. The number of nitrogens with two attached hydrogens (primary N) is 1. The van der Waals surface area contributed by atoms with Gasteiger partial charge < -0.3 is 5.73 Å². The van der Waals surface area contributed by atoms with Crippen molar-refractivity contribution in [1.82, 2.24) is 9.78 Å². The number of hydrogen-bond acceptors (Lipinski definition) is 2. The average Bonchev–Trinajstić information content (AvgIpc) is 2.78. The third-order valence-corrected chi connectivity index (χ3v) is 3.76. The van der Waals surface area contributed by atoms with Crippen LogP contribution in [0.25, 0.3) is 5.69 Å². The van der Waals surface area contributed by atoms with Gasteiger partial charge in [-0.15, -0.1) is 0 Å². The lowest BCUT2D eigenvalue weighted by Crippen LogP contribution is -2.21. The molecule has 0 spiro atoms. The van der Waals surface area contributed by atoms with E-state index in [4.69, 9.17) is 5.73 Å². The molecule has 0 amide bonds. The number of nitrogens with zero attached hydrogens (tertiary/aromatic N) is 2. The SMILES string of the molecule is CCC(N)Cc1ccc(-n2cc(C)cn2)cc1Br. The van der Waals surface area contributed by atoms with Crippen LogP contribution >= 0.6 is 15.9 Å². The van der Waals surface area contributed by atoms with Gasteiger partial charge in [0.25, 0.3) is 0 Å². The van der Waals surface area contributed by atoms with Crippen molar-refractivity contribution < 1.29 is 0 Å². The van der Waals surface area contributed by atoms with E-state index in [2.05, 4.69) is 46.2 Å². The molecule has 18 heavy (non-hydrogen) atoms. The summed E-state index contributed by atoms with van der Waals surface area (Å²) in [5.74, 6) is 0. The fourth-order valence-electron chi connectivity index (χ4n) is 1.83. The summed E-state index contributed by atoms with van der Waals surface area (Å²) in [6.07, 6.45) is 5.76. The Morgan fingerprint density at radius 2 is 2.22 bits per heavy atom. The van der Waals surface area contributed by atoms with E-state index in [0.29, 0.717) is 0 Å². The highest BCUT2D eigenvalue weighted by atomic mass is 79.9. The molecule has 0 saturated carbocycles. The summed E-state index contributed by atoms with van der Waals surface area (Å²) in [4.78, 5) is 0. The van der Waals surface area contributed by atoms with Gasteiger partial charge >= 0.3 is 0 Å². The van der Waals surface area contributed by atoms with Gasteiger partial charge in [0.05, 0.1) is 11.9 Å². The quantitative estimate of drug-likeness (QED) is 0.942. The van der Waals surface area contributed by atoms with Crippen molar-refractivity contribution in [2.24, 2.45) is 5.73 Å². The van der Waals surface area contributed by atoms with Gasteiger partial charge in [0.2, 0.25) is 0 Å². The van der Waals surface area contributed by atoms with Crippen LogP contribution in [0.3, 0.4) is 0 Å². The minimum Gasteiger partial charge on any atom is -0.327 e. The van der Waals surface area contributed by atoms with Crippen LogP contribution in [-0.4, -0.2) is 15.8 Å². The first-order chi connectivity index (χ1) is 8.60. The van der Waals surface area contributed by atoms with Crippen molar-refractivity contribution in [2.45, 2.75) is 32.7 Å². The summed E-state index contributed by atoms with van der Waals surface area (Å²) < 4.78 is 2.97. The third-order valence-electron chi connectivity index (χ3n) is 3.02. The van der Waals surface area contributed by atoms with E-state index in [0.717, 1.165) is 28.6 Å². The number of rotatable bonds is 4. The van der Waals surface area contributed by atoms with Crippen molar-refractivity contribution in [3.8, 4) is 5.69 Å². The van der Waals surface area contributed by atoms with E-state index >= 15 is 0 Å².